The van der Waals surface area contributed by atoms with Crippen LogP contribution in [0.1, 0.15) is 5.69 Å². The summed E-state index contributed by atoms with van der Waals surface area (Å²) in [7, 11) is 0. The fourth-order valence-corrected chi connectivity index (χ4v) is 3.62. The summed E-state index contributed by atoms with van der Waals surface area (Å²) in [6.07, 6.45) is 0. The minimum absolute atomic E-state index is 0.0802. The third-order valence-electron chi connectivity index (χ3n) is 5.12. The van der Waals surface area contributed by atoms with Gasteiger partial charge in [-0.25, -0.2) is 9.37 Å². The number of benzene rings is 3. The molecule has 5 rings (SSSR count). The minimum Gasteiger partial charge on any atom is -0.507 e. The monoisotopic (exact) mass is 454 g/mol. The van der Waals surface area contributed by atoms with Gasteiger partial charge in [-0.15, -0.1) is 0 Å². The second-order valence-electron chi connectivity index (χ2n) is 7.72. The molecule has 0 aliphatic heterocycles. The molecule has 3 aromatic carbocycles. The lowest BCUT2D eigenvalue weighted by Gasteiger charge is -2.12. The molecule has 0 atom stereocenters. The standard InChI is InChI=1S/C27H19FN2O4/c1-16-11-20(14-26(29-16)30-19-9-7-18(28)8-10-19)33-21-12-22(31)27-23(32)15-24(34-25(27)13-21)17-5-3-2-4-6-17/h2-15,31H,1H3,(H,29,30). The van der Waals surface area contributed by atoms with E-state index in [2.05, 4.69) is 10.3 Å². The molecular formula is C27H19FN2O4. The van der Waals surface area contributed by atoms with Crippen molar-refractivity contribution in [3.8, 4) is 28.6 Å². The van der Waals surface area contributed by atoms with E-state index in [1.165, 1.54) is 24.3 Å². The Morgan fingerprint density at radius 3 is 2.44 bits per heavy atom. The van der Waals surface area contributed by atoms with Crippen molar-refractivity contribution in [2.75, 3.05) is 5.32 Å². The van der Waals surface area contributed by atoms with Crippen LogP contribution in [-0.2, 0) is 0 Å². The molecule has 0 radical (unpaired) electrons. The first-order chi connectivity index (χ1) is 16.4. The predicted octanol–water partition coefficient (Wildman–Crippen LogP) is 6.54. The van der Waals surface area contributed by atoms with Crippen molar-refractivity contribution in [1.29, 1.82) is 0 Å². The van der Waals surface area contributed by atoms with E-state index in [1.54, 1.807) is 30.3 Å². The molecule has 2 N–H and O–H groups in total. The van der Waals surface area contributed by atoms with E-state index in [0.717, 1.165) is 5.56 Å². The predicted molar refractivity (Wildman–Crippen MR) is 128 cm³/mol. The summed E-state index contributed by atoms with van der Waals surface area (Å²) in [6, 6.07) is 22.8. The normalized spacial score (nSPS) is 10.9. The van der Waals surface area contributed by atoms with Crippen LogP contribution in [0.3, 0.4) is 0 Å². The van der Waals surface area contributed by atoms with Crippen molar-refractivity contribution >= 4 is 22.5 Å². The lowest BCUT2D eigenvalue weighted by Crippen LogP contribution is -2.01. The third-order valence-corrected chi connectivity index (χ3v) is 5.12. The van der Waals surface area contributed by atoms with E-state index in [-0.39, 0.29) is 33.7 Å². The number of fused-ring (bicyclic) bond motifs is 1. The van der Waals surface area contributed by atoms with Crippen molar-refractivity contribution in [3.05, 3.63) is 107 Å². The van der Waals surface area contributed by atoms with Crippen LogP contribution in [-0.4, -0.2) is 10.1 Å². The summed E-state index contributed by atoms with van der Waals surface area (Å²) < 4.78 is 25.1. The summed E-state index contributed by atoms with van der Waals surface area (Å²) in [5.41, 5.74) is 1.95. The summed E-state index contributed by atoms with van der Waals surface area (Å²) in [5.74, 6) is 1.07. The molecule has 168 valence electrons. The van der Waals surface area contributed by atoms with Crippen LogP contribution in [0.4, 0.5) is 15.9 Å². The average Bonchev–Trinajstić information content (AvgIpc) is 2.80. The second kappa shape index (κ2) is 8.71. The zero-order chi connectivity index (χ0) is 23.7. The zero-order valence-electron chi connectivity index (χ0n) is 18.1. The largest absolute Gasteiger partial charge is 0.507 e. The number of halogens is 1. The number of nitrogens with one attached hydrogen (secondary N) is 1. The molecule has 7 heteroatoms. The smallest absolute Gasteiger partial charge is 0.197 e. The van der Waals surface area contributed by atoms with Gasteiger partial charge in [0.1, 0.15) is 45.6 Å². The molecule has 2 aromatic heterocycles. The number of aryl methyl sites for hydroxylation is 1. The van der Waals surface area contributed by atoms with Gasteiger partial charge in [0.2, 0.25) is 0 Å². The SMILES string of the molecule is Cc1cc(Oc2cc(O)c3c(=O)cc(-c4ccccc4)oc3c2)cc(Nc2ccc(F)cc2)n1. The van der Waals surface area contributed by atoms with E-state index in [4.69, 9.17) is 9.15 Å². The summed E-state index contributed by atoms with van der Waals surface area (Å²) in [6.45, 7) is 1.81. The number of anilines is 2. The van der Waals surface area contributed by atoms with Gasteiger partial charge in [0, 0.05) is 47.3 Å². The Kier molecular flexibility index (Phi) is 5.43. The van der Waals surface area contributed by atoms with Crippen molar-refractivity contribution in [2.45, 2.75) is 6.92 Å². The lowest BCUT2D eigenvalue weighted by molar-refractivity contribution is 0.457. The lowest BCUT2D eigenvalue weighted by atomic mass is 10.1. The van der Waals surface area contributed by atoms with Gasteiger partial charge in [-0.1, -0.05) is 30.3 Å². The molecule has 0 bridgehead atoms. The van der Waals surface area contributed by atoms with Crippen LogP contribution in [0.2, 0.25) is 0 Å². The highest BCUT2D eigenvalue weighted by Crippen LogP contribution is 2.34. The first-order valence-electron chi connectivity index (χ1n) is 10.5. The van der Waals surface area contributed by atoms with Gasteiger partial charge in [0.15, 0.2) is 5.43 Å². The Hall–Kier alpha value is -4.65. The van der Waals surface area contributed by atoms with Crippen molar-refractivity contribution in [1.82, 2.24) is 4.98 Å². The molecule has 5 aromatic rings. The number of aromatic nitrogens is 1. The van der Waals surface area contributed by atoms with E-state index in [1.807, 2.05) is 37.3 Å². The molecule has 2 heterocycles. The zero-order valence-corrected chi connectivity index (χ0v) is 18.1. The van der Waals surface area contributed by atoms with Crippen LogP contribution in [0, 0.1) is 12.7 Å². The van der Waals surface area contributed by atoms with Gasteiger partial charge in [0.25, 0.3) is 0 Å². The van der Waals surface area contributed by atoms with Crippen molar-refractivity contribution in [2.24, 2.45) is 0 Å². The number of aromatic hydroxyl groups is 1. The van der Waals surface area contributed by atoms with Crippen molar-refractivity contribution in [3.63, 3.8) is 0 Å². The average molecular weight is 454 g/mol. The highest BCUT2D eigenvalue weighted by atomic mass is 19.1. The topological polar surface area (TPSA) is 84.6 Å². The number of hydrogen-bond donors (Lipinski definition) is 2. The maximum Gasteiger partial charge on any atom is 0.197 e. The van der Waals surface area contributed by atoms with Gasteiger partial charge in [0.05, 0.1) is 0 Å². The second-order valence-corrected chi connectivity index (χ2v) is 7.72. The molecule has 0 aliphatic carbocycles. The summed E-state index contributed by atoms with van der Waals surface area (Å²) in [4.78, 5) is 17.1. The van der Waals surface area contributed by atoms with E-state index in [0.29, 0.717) is 28.7 Å². The number of ether oxygens (including phenoxy) is 1. The Morgan fingerprint density at radius 1 is 0.941 bits per heavy atom. The number of phenols is 1. The van der Waals surface area contributed by atoms with Gasteiger partial charge < -0.3 is 19.6 Å². The minimum atomic E-state index is -0.352. The number of nitrogens with zero attached hydrogens (tertiary/aromatic N) is 1. The number of phenolic OH excluding ortho intramolecular Hbond substituents is 1. The fraction of sp³-hybridized carbons (Fsp3) is 0.0370. The molecule has 0 saturated heterocycles. The molecule has 0 unspecified atom stereocenters. The van der Waals surface area contributed by atoms with Gasteiger partial charge in [-0.3, -0.25) is 4.79 Å². The van der Waals surface area contributed by atoms with Gasteiger partial charge in [-0.2, -0.15) is 0 Å². The molecule has 0 aliphatic rings. The van der Waals surface area contributed by atoms with E-state index in [9.17, 15) is 14.3 Å². The summed E-state index contributed by atoms with van der Waals surface area (Å²) in [5, 5.41) is 13.7. The molecule has 34 heavy (non-hydrogen) atoms. The molecular weight excluding hydrogens is 435 g/mol. The van der Waals surface area contributed by atoms with Crippen LogP contribution in [0.5, 0.6) is 17.2 Å². The van der Waals surface area contributed by atoms with Crippen LogP contribution < -0.4 is 15.5 Å². The third kappa shape index (κ3) is 4.45. The summed E-state index contributed by atoms with van der Waals surface area (Å²) >= 11 is 0. The quantitative estimate of drug-likeness (QED) is 0.314. The maximum absolute atomic E-state index is 13.2. The van der Waals surface area contributed by atoms with Crippen LogP contribution in [0.25, 0.3) is 22.3 Å². The number of pyridine rings is 1. The van der Waals surface area contributed by atoms with E-state index >= 15 is 0 Å². The fourth-order valence-electron chi connectivity index (χ4n) is 3.62. The Labute approximate surface area is 193 Å². The number of rotatable bonds is 5. The van der Waals surface area contributed by atoms with Gasteiger partial charge >= 0.3 is 0 Å². The molecule has 0 spiro atoms. The van der Waals surface area contributed by atoms with Crippen molar-refractivity contribution < 1.29 is 18.7 Å². The highest BCUT2D eigenvalue weighted by Gasteiger charge is 2.14. The molecule has 0 fully saturated rings. The van der Waals surface area contributed by atoms with Crippen LogP contribution >= 0.6 is 0 Å². The van der Waals surface area contributed by atoms with Gasteiger partial charge in [-0.05, 0) is 31.2 Å². The Balaban J connectivity index is 1.49. The highest BCUT2D eigenvalue weighted by molar-refractivity contribution is 5.86. The Morgan fingerprint density at radius 2 is 1.68 bits per heavy atom. The molecule has 0 saturated carbocycles. The first kappa shape index (κ1) is 21.2. The van der Waals surface area contributed by atoms with E-state index < -0.39 is 0 Å². The maximum atomic E-state index is 13.2. The molecule has 6 nitrogen and oxygen atoms in total. The molecule has 0 amide bonds. The first-order valence-corrected chi connectivity index (χ1v) is 10.5. The Bertz CT molecular complexity index is 1550. The van der Waals surface area contributed by atoms with Crippen LogP contribution in [0.15, 0.2) is 94.1 Å². The number of hydrogen-bond acceptors (Lipinski definition) is 6.